The maximum Gasteiger partial charge on any atom is 0.184 e. The summed E-state index contributed by atoms with van der Waals surface area (Å²) in [5.41, 5.74) is 5.95. The Morgan fingerprint density at radius 3 is 2.73 bits per heavy atom. The molecule has 0 aromatic carbocycles. The van der Waals surface area contributed by atoms with Crippen molar-refractivity contribution in [2.24, 2.45) is 0 Å². The highest BCUT2D eigenvalue weighted by Crippen LogP contribution is 2.13. The monoisotopic (exact) mass is 168 g/mol. The molecule has 11 heavy (non-hydrogen) atoms. The molecule has 0 radical (unpaired) electrons. The lowest BCUT2D eigenvalue weighted by atomic mass is 10.4. The Kier molecular flexibility index (Phi) is 1.92. The molecule has 1 heterocycles. The molecule has 0 atom stereocenters. The average Bonchev–Trinajstić information content (AvgIpc) is 1.97. The molecule has 1 aromatic heterocycles. The molecule has 0 unspecified atom stereocenters. The minimum Gasteiger partial charge on any atom is -0.381 e. The summed E-state index contributed by atoms with van der Waals surface area (Å²) in [6.45, 7) is 1.67. The van der Waals surface area contributed by atoms with Crippen molar-refractivity contribution in [3.05, 3.63) is 16.5 Å². The van der Waals surface area contributed by atoms with Gasteiger partial charge in [-0.15, -0.1) is 0 Å². The predicted molar refractivity (Wildman–Crippen MR) is 40.9 cm³/mol. The molecule has 2 N–H and O–H groups in total. The highest BCUT2D eigenvalue weighted by Gasteiger charge is 2.05. The van der Waals surface area contributed by atoms with E-state index >= 15 is 0 Å². The van der Waals surface area contributed by atoms with Crippen molar-refractivity contribution in [2.75, 3.05) is 5.73 Å². The van der Waals surface area contributed by atoms with Crippen molar-refractivity contribution in [3.8, 4) is 6.07 Å². The molecule has 0 aliphatic carbocycles. The van der Waals surface area contributed by atoms with E-state index in [1.807, 2.05) is 0 Å². The quantitative estimate of drug-likeness (QED) is 0.624. The van der Waals surface area contributed by atoms with Gasteiger partial charge in [0.15, 0.2) is 16.7 Å². The van der Waals surface area contributed by atoms with Crippen LogP contribution in [0.3, 0.4) is 0 Å². The molecule has 1 aromatic rings. The van der Waals surface area contributed by atoms with Crippen LogP contribution in [-0.2, 0) is 0 Å². The van der Waals surface area contributed by atoms with Crippen molar-refractivity contribution in [1.82, 2.24) is 9.97 Å². The zero-order chi connectivity index (χ0) is 8.43. The Labute approximate surface area is 68.6 Å². The van der Waals surface area contributed by atoms with Crippen molar-refractivity contribution in [1.29, 1.82) is 5.26 Å². The van der Waals surface area contributed by atoms with E-state index in [0.717, 1.165) is 0 Å². The van der Waals surface area contributed by atoms with Crippen LogP contribution in [0.15, 0.2) is 0 Å². The second kappa shape index (κ2) is 2.72. The first-order chi connectivity index (χ1) is 5.15. The number of nitrogen functional groups attached to an aromatic ring is 1. The standard InChI is InChI=1S/C6H5ClN4/c1-3-5(7)11-4(2-8)6(9)10-3/h1H3,(H2,9,10). The summed E-state index contributed by atoms with van der Waals surface area (Å²) in [7, 11) is 0. The molecule has 1 rings (SSSR count). The van der Waals surface area contributed by atoms with Crippen LogP contribution in [0.5, 0.6) is 0 Å². The maximum absolute atomic E-state index is 8.44. The lowest BCUT2D eigenvalue weighted by molar-refractivity contribution is 1.11. The van der Waals surface area contributed by atoms with E-state index < -0.39 is 0 Å². The smallest absolute Gasteiger partial charge is 0.184 e. The van der Waals surface area contributed by atoms with Crippen molar-refractivity contribution in [3.63, 3.8) is 0 Å². The number of nitriles is 1. The molecule has 56 valence electrons. The summed E-state index contributed by atoms with van der Waals surface area (Å²) in [5, 5.41) is 8.66. The van der Waals surface area contributed by atoms with Gasteiger partial charge >= 0.3 is 0 Å². The Balaban J connectivity index is 3.35. The molecular weight excluding hydrogens is 164 g/mol. The number of halogens is 1. The van der Waals surface area contributed by atoms with Gasteiger partial charge in [0.1, 0.15) is 6.07 Å². The summed E-state index contributed by atoms with van der Waals surface area (Å²) in [4.78, 5) is 7.51. The number of rotatable bonds is 0. The van der Waals surface area contributed by atoms with Crippen LogP contribution >= 0.6 is 11.6 Å². The third-order valence-electron chi connectivity index (χ3n) is 1.15. The second-order valence-electron chi connectivity index (χ2n) is 1.95. The van der Waals surface area contributed by atoms with E-state index in [-0.39, 0.29) is 16.7 Å². The molecule has 0 saturated carbocycles. The first-order valence-corrected chi connectivity index (χ1v) is 3.22. The number of hydrogen-bond donors (Lipinski definition) is 1. The molecule has 0 aliphatic heterocycles. The molecular formula is C6H5ClN4. The molecule has 0 saturated heterocycles. The lowest BCUT2D eigenvalue weighted by Crippen LogP contribution is -2.00. The summed E-state index contributed by atoms with van der Waals surface area (Å²) < 4.78 is 0. The number of nitrogens with zero attached hydrogens (tertiary/aromatic N) is 3. The minimum absolute atomic E-state index is 0.0700. The summed E-state index contributed by atoms with van der Waals surface area (Å²) in [6, 6.07) is 1.78. The van der Waals surface area contributed by atoms with E-state index in [2.05, 4.69) is 9.97 Å². The topological polar surface area (TPSA) is 75.6 Å². The lowest BCUT2D eigenvalue weighted by Gasteiger charge is -1.98. The van der Waals surface area contributed by atoms with E-state index in [4.69, 9.17) is 22.6 Å². The molecule has 0 aliphatic rings. The fourth-order valence-electron chi connectivity index (χ4n) is 0.598. The summed E-state index contributed by atoms with van der Waals surface area (Å²) >= 11 is 5.58. The fourth-order valence-corrected chi connectivity index (χ4v) is 0.725. The highest BCUT2D eigenvalue weighted by atomic mass is 35.5. The Bertz CT molecular complexity index is 328. The number of nitrogens with two attached hydrogens (primary N) is 1. The van der Waals surface area contributed by atoms with E-state index in [1.54, 1.807) is 13.0 Å². The van der Waals surface area contributed by atoms with Crippen LogP contribution in [0.4, 0.5) is 5.82 Å². The van der Waals surface area contributed by atoms with Gasteiger partial charge in [0.25, 0.3) is 0 Å². The number of aromatic nitrogens is 2. The first kappa shape index (κ1) is 7.76. The van der Waals surface area contributed by atoms with Gasteiger partial charge < -0.3 is 5.73 Å². The third kappa shape index (κ3) is 1.38. The van der Waals surface area contributed by atoms with Crippen molar-refractivity contribution < 1.29 is 0 Å². The second-order valence-corrected chi connectivity index (χ2v) is 2.30. The van der Waals surface area contributed by atoms with Gasteiger partial charge in [-0.25, -0.2) is 9.97 Å². The maximum atomic E-state index is 8.44. The number of aryl methyl sites for hydroxylation is 1. The van der Waals surface area contributed by atoms with Gasteiger partial charge in [-0.05, 0) is 6.92 Å². The molecule has 0 bridgehead atoms. The van der Waals surface area contributed by atoms with Crippen LogP contribution < -0.4 is 5.73 Å². The zero-order valence-electron chi connectivity index (χ0n) is 5.80. The summed E-state index contributed by atoms with van der Waals surface area (Å²) in [5.74, 6) is 0.120. The van der Waals surface area contributed by atoms with E-state index in [0.29, 0.717) is 5.69 Å². The van der Waals surface area contributed by atoms with Crippen molar-refractivity contribution >= 4 is 17.4 Å². The normalized spacial score (nSPS) is 9.18. The fraction of sp³-hybridized carbons (Fsp3) is 0.167. The van der Waals surface area contributed by atoms with Gasteiger partial charge in [-0.1, -0.05) is 11.6 Å². The van der Waals surface area contributed by atoms with E-state index in [9.17, 15) is 0 Å². The van der Waals surface area contributed by atoms with Crippen LogP contribution in [0.25, 0.3) is 0 Å². The van der Waals surface area contributed by atoms with Crippen molar-refractivity contribution in [2.45, 2.75) is 6.92 Å². The van der Waals surface area contributed by atoms with Gasteiger partial charge in [-0.3, -0.25) is 0 Å². The predicted octanol–water partition coefficient (Wildman–Crippen LogP) is 0.892. The SMILES string of the molecule is Cc1nc(N)c(C#N)nc1Cl. The number of hydrogen-bond acceptors (Lipinski definition) is 4. The van der Waals surface area contributed by atoms with Gasteiger partial charge in [0, 0.05) is 0 Å². The first-order valence-electron chi connectivity index (χ1n) is 2.85. The zero-order valence-corrected chi connectivity index (χ0v) is 6.55. The Hall–Kier alpha value is -1.34. The molecule has 0 fully saturated rings. The number of anilines is 1. The molecule has 4 nitrogen and oxygen atoms in total. The molecule has 0 spiro atoms. The Morgan fingerprint density at radius 1 is 1.55 bits per heavy atom. The van der Waals surface area contributed by atoms with Crippen LogP contribution in [0.1, 0.15) is 11.4 Å². The molecule has 5 heteroatoms. The van der Waals surface area contributed by atoms with Crippen LogP contribution in [-0.4, -0.2) is 9.97 Å². The molecule has 0 amide bonds. The van der Waals surface area contributed by atoms with Gasteiger partial charge in [0.2, 0.25) is 0 Å². The van der Waals surface area contributed by atoms with Gasteiger partial charge in [0.05, 0.1) is 5.69 Å². The third-order valence-corrected chi connectivity index (χ3v) is 1.50. The van der Waals surface area contributed by atoms with Crippen LogP contribution in [0, 0.1) is 18.3 Å². The Morgan fingerprint density at radius 2 is 2.18 bits per heavy atom. The van der Waals surface area contributed by atoms with E-state index in [1.165, 1.54) is 0 Å². The minimum atomic E-state index is 0.0700. The largest absolute Gasteiger partial charge is 0.381 e. The summed E-state index contributed by atoms with van der Waals surface area (Å²) in [6.07, 6.45) is 0. The van der Waals surface area contributed by atoms with Crippen LogP contribution in [0.2, 0.25) is 5.15 Å². The highest BCUT2D eigenvalue weighted by molar-refractivity contribution is 6.30. The van der Waals surface area contributed by atoms with Gasteiger partial charge in [-0.2, -0.15) is 5.26 Å². The average molecular weight is 169 g/mol.